The molecule has 0 bridgehead atoms. The van der Waals surface area contributed by atoms with Gasteiger partial charge in [-0.15, -0.1) is 22.7 Å². The Morgan fingerprint density at radius 3 is 0.819 bits per heavy atom. The van der Waals surface area contributed by atoms with Crippen LogP contribution in [0.2, 0.25) is 0 Å². The summed E-state index contributed by atoms with van der Waals surface area (Å²) in [5, 5.41) is 7.33. The van der Waals surface area contributed by atoms with Gasteiger partial charge < -0.3 is 0 Å². The molecule has 2 aliphatic rings. The fourth-order valence-electron chi connectivity index (χ4n) is 18.2. The summed E-state index contributed by atoms with van der Waals surface area (Å²) in [6.07, 6.45) is 0. The molecule has 542 valence electrons. The molecule has 8 heteroatoms. The van der Waals surface area contributed by atoms with E-state index < -0.39 is 10.8 Å². The van der Waals surface area contributed by atoms with Gasteiger partial charge in [0.05, 0.1) is 10.8 Å². The van der Waals surface area contributed by atoms with Crippen LogP contribution >= 0.6 is 22.7 Å². The van der Waals surface area contributed by atoms with Crippen molar-refractivity contribution < 1.29 is 0 Å². The molecule has 21 aromatic rings. The van der Waals surface area contributed by atoms with Gasteiger partial charge in [-0.1, -0.05) is 358 Å². The smallest absolute Gasteiger partial charge is 0.164 e. The number of fused-ring (bicyclic) bond motifs is 13. The number of hydrogen-bond donors (Lipinski definition) is 0. The average Bonchev–Trinajstić information content (AvgIpc) is 1.54. The highest BCUT2D eigenvalue weighted by Gasteiger charge is 2.48. The molecule has 0 radical (unpaired) electrons. The number of hydrogen-bond acceptors (Lipinski definition) is 8. The molecule has 0 amide bonds. The summed E-state index contributed by atoms with van der Waals surface area (Å²) in [5.41, 5.74) is 24.8. The highest BCUT2D eigenvalue weighted by atomic mass is 32.1. The molecule has 17 aromatic carbocycles. The van der Waals surface area contributed by atoms with Crippen LogP contribution in [0.3, 0.4) is 0 Å². The molecule has 4 aromatic heterocycles. The number of rotatable bonds is 12. The molecule has 0 unspecified atom stereocenters. The lowest BCUT2D eigenvalue weighted by atomic mass is 9.67. The summed E-state index contributed by atoms with van der Waals surface area (Å²) >= 11 is 3.70. The van der Waals surface area contributed by atoms with Crippen molar-refractivity contribution in [2.24, 2.45) is 0 Å². The highest BCUT2D eigenvalue weighted by Crippen LogP contribution is 2.59. The summed E-state index contributed by atoms with van der Waals surface area (Å²) in [5.74, 6) is 3.89. The predicted molar refractivity (Wildman–Crippen MR) is 481 cm³/mol. The van der Waals surface area contributed by atoms with E-state index in [1.807, 2.05) is 102 Å². The number of aromatic nitrogens is 6. The van der Waals surface area contributed by atoms with Crippen molar-refractivity contribution in [1.82, 2.24) is 29.9 Å². The molecule has 0 saturated heterocycles. The van der Waals surface area contributed by atoms with Crippen LogP contribution in [0.4, 0.5) is 0 Å². The van der Waals surface area contributed by atoms with Crippen LogP contribution < -0.4 is 0 Å². The maximum Gasteiger partial charge on any atom is 0.164 e. The van der Waals surface area contributed by atoms with E-state index >= 15 is 0 Å². The van der Waals surface area contributed by atoms with E-state index in [-0.39, 0.29) is 0 Å². The van der Waals surface area contributed by atoms with Gasteiger partial charge in [-0.25, -0.2) is 29.9 Å². The first kappa shape index (κ1) is 68.3. The van der Waals surface area contributed by atoms with Crippen LogP contribution in [0.1, 0.15) is 44.5 Å². The molecule has 0 atom stereocenters. The molecule has 0 spiro atoms. The quantitative estimate of drug-likeness (QED) is 0.121. The van der Waals surface area contributed by atoms with Gasteiger partial charge in [0.1, 0.15) is 0 Å². The van der Waals surface area contributed by atoms with Crippen LogP contribution in [0.5, 0.6) is 0 Å². The largest absolute Gasteiger partial charge is 0.208 e. The van der Waals surface area contributed by atoms with E-state index in [1.165, 1.54) is 112 Å². The molecule has 6 nitrogen and oxygen atoms in total. The number of nitrogens with zero attached hydrogens (tertiary/aromatic N) is 6. The Morgan fingerprint density at radius 2 is 0.440 bits per heavy atom. The van der Waals surface area contributed by atoms with E-state index in [4.69, 9.17) is 29.9 Å². The number of benzene rings is 17. The van der Waals surface area contributed by atoms with Gasteiger partial charge in [-0.3, -0.25) is 0 Å². The second-order valence-electron chi connectivity index (χ2n) is 29.8. The van der Waals surface area contributed by atoms with Crippen LogP contribution in [-0.2, 0) is 10.8 Å². The van der Waals surface area contributed by atoms with E-state index in [9.17, 15) is 0 Å². The lowest BCUT2D eigenvalue weighted by Crippen LogP contribution is -2.28. The summed E-state index contributed by atoms with van der Waals surface area (Å²) in [7, 11) is 0. The van der Waals surface area contributed by atoms with Gasteiger partial charge in [-0.2, -0.15) is 0 Å². The molecule has 0 saturated carbocycles. The molecule has 2 aliphatic carbocycles. The Morgan fingerprint density at radius 1 is 0.164 bits per heavy atom. The zero-order valence-electron chi connectivity index (χ0n) is 62.8. The fraction of sp³-hybridized carbons (Fsp3) is 0.0185. The molecular formula is C108H68N6S2. The Hall–Kier alpha value is -14.5. The van der Waals surface area contributed by atoms with Gasteiger partial charge in [0.15, 0.2) is 34.9 Å². The third kappa shape index (κ3) is 11.4. The minimum absolute atomic E-state index is 0.452. The molecule has 116 heavy (non-hydrogen) atoms. The summed E-state index contributed by atoms with van der Waals surface area (Å²) < 4.78 is 5.06. The zero-order chi connectivity index (χ0) is 76.7. The van der Waals surface area contributed by atoms with Gasteiger partial charge in [0, 0.05) is 73.7 Å². The molecular weight excluding hydrogens is 1450 g/mol. The van der Waals surface area contributed by atoms with Crippen LogP contribution in [0.15, 0.2) is 413 Å². The van der Waals surface area contributed by atoms with Crippen molar-refractivity contribution in [3.05, 3.63) is 457 Å². The first-order valence-corrected chi connectivity index (χ1v) is 40.9. The second-order valence-corrected chi connectivity index (χ2v) is 32.0. The van der Waals surface area contributed by atoms with Crippen molar-refractivity contribution in [1.29, 1.82) is 0 Å². The molecule has 0 fully saturated rings. The van der Waals surface area contributed by atoms with E-state index in [1.54, 1.807) is 0 Å². The van der Waals surface area contributed by atoms with Gasteiger partial charge in [0.25, 0.3) is 0 Å². The standard InChI is InChI=1S/C56H35N3S.C52H33N3S/c1-3-16-37(17-4-1)53-57-54(40-28-27-36-15-7-8-18-38(36)33-40)59-55(58-53)46-24-10-9-21-43(46)39-29-31-51-47(34-39)48-35-42(30-32-52(48)60-51)56(41-19-5-2-6-20-41)49-25-13-11-22-44(49)45-23-12-14-26-50(45)56;1-4-16-34(17-5-1)49-53-50(35-18-6-2-7-19-35)55-51(54-49)42-25-11-10-22-39(42)36-28-30-47-43(32-36)44-33-38(29-31-48(44)56-47)52(37-20-8-3-9-21-37)45-26-14-12-23-40(45)41-24-13-15-27-46(41)52/h1-35H;1-33H. The van der Waals surface area contributed by atoms with Crippen LogP contribution in [0, 0.1) is 0 Å². The maximum absolute atomic E-state index is 5.20. The lowest BCUT2D eigenvalue weighted by molar-refractivity contribution is 0.770. The fourth-order valence-corrected chi connectivity index (χ4v) is 20.4. The molecule has 0 N–H and O–H groups in total. The molecule has 23 rings (SSSR count). The summed E-state index contributed by atoms with van der Waals surface area (Å²) in [6, 6.07) is 148. The van der Waals surface area contributed by atoms with Crippen LogP contribution in [0.25, 0.3) is 164 Å². The Kier molecular flexibility index (Phi) is 16.6. The maximum atomic E-state index is 5.20. The van der Waals surface area contributed by atoms with Crippen molar-refractivity contribution in [2.75, 3.05) is 0 Å². The predicted octanol–water partition coefficient (Wildman–Crippen LogP) is 27.7. The first-order chi connectivity index (χ1) is 57.5. The van der Waals surface area contributed by atoms with Crippen LogP contribution in [-0.4, -0.2) is 29.9 Å². The lowest BCUT2D eigenvalue weighted by Gasteiger charge is -2.34. The van der Waals surface area contributed by atoms with Crippen molar-refractivity contribution in [2.45, 2.75) is 10.8 Å². The Balaban J connectivity index is 0.000000141. The second kappa shape index (κ2) is 28.3. The SMILES string of the molecule is c1ccc(-c2nc(-c3ccc4ccccc4c3)nc(-c3ccccc3-c3ccc4sc5ccc(C6(c7ccccc7)c7ccccc7-c7ccccc76)cc5c4c3)n2)cc1.c1ccc(-c2nc(-c3ccccc3)nc(-c3ccccc3-c3ccc4sc5ccc(C6(c7ccccc7)c7ccccc7-c7ccccc76)cc5c4c3)n2)cc1. The molecule has 4 heterocycles. The first-order valence-electron chi connectivity index (χ1n) is 39.3. The molecule has 0 aliphatic heterocycles. The van der Waals surface area contributed by atoms with Gasteiger partial charge in [-0.05, 0) is 154 Å². The summed E-state index contributed by atoms with van der Waals surface area (Å²) in [6.45, 7) is 0. The van der Waals surface area contributed by atoms with Crippen molar-refractivity contribution >= 4 is 73.8 Å². The third-order valence-electron chi connectivity index (χ3n) is 23.5. The van der Waals surface area contributed by atoms with E-state index in [0.29, 0.717) is 34.9 Å². The van der Waals surface area contributed by atoms with Crippen molar-refractivity contribution in [3.63, 3.8) is 0 Å². The van der Waals surface area contributed by atoms with Crippen molar-refractivity contribution in [3.8, 4) is 113 Å². The van der Waals surface area contributed by atoms with E-state index in [2.05, 4.69) is 334 Å². The van der Waals surface area contributed by atoms with Gasteiger partial charge in [0.2, 0.25) is 0 Å². The number of thiophene rings is 2. The Labute approximate surface area is 679 Å². The minimum Gasteiger partial charge on any atom is -0.208 e. The summed E-state index contributed by atoms with van der Waals surface area (Å²) in [4.78, 5) is 30.6. The topological polar surface area (TPSA) is 77.3 Å². The van der Waals surface area contributed by atoms with Gasteiger partial charge >= 0.3 is 0 Å². The highest BCUT2D eigenvalue weighted by molar-refractivity contribution is 7.26. The van der Waals surface area contributed by atoms with E-state index in [0.717, 1.165) is 61.0 Å². The average molecular weight is 1510 g/mol. The zero-order valence-corrected chi connectivity index (χ0v) is 64.4. The monoisotopic (exact) mass is 1510 g/mol. The normalized spacial score (nSPS) is 12.8. The minimum atomic E-state index is -0.459. The Bertz CT molecular complexity index is 7260. The third-order valence-corrected chi connectivity index (χ3v) is 25.8.